The Hall–Kier alpha value is -2.88. The first-order valence-electron chi connectivity index (χ1n) is 7.87. The smallest absolute Gasteiger partial charge is 0.410 e. The fourth-order valence-corrected chi connectivity index (χ4v) is 2.50. The van der Waals surface area contributed by atoms with Crippen LogP contribution in [-0.4, -0.2) is 35.4 Å². The molecule has 0 bridgehead atoms. The van der Waals surface area contributed by atoms with Crippen molar-refractivity contribution in [1.29, 1.82) is 10.7 Å². The highest BCUT2D eigenvalue weighted by molar-refractivity contribution is 6.14. The van der Waals surface area contributed by atoms with Crippen LogP contribution in [0.2, 0.25) is 0 Å². The summed E-state index contributed by atoms with van der Waals surface area (Å²) in [5, 5.41) is 17.4. The topological polar surface area (TPSA) is 103 Å². The maximum absolute atomic E-state index is 13.7. The second kappa shape index (κ2) is 6.93. The number of nitrogens with zero attached hydrogens (tertiary/aromatic N) is 2. The minimum absolute atomic E-state index is 0.00163. The predicted molar refractivity (Wildman–Crippen MR) is 92.9 cm³/mol. The number of halogens is 1. The molecule has 1 aliphatic heterocycles. The number of hydrogen-bond donors (Lipinski definition) is 2. The third kappa shape index (κ3) is 4.35. The lowest BCUT2D eigenvalue weighted by atomic mass is 9.95. The molecule has 25 heavy (non-hydrogen) atoms. The first-order chi connectivity index (χ1) is 11.6. The highest BCUT2D eigenvalue weighted by atomic mass is 19.1. The van der Waals surface area contributed by atoms with E-state index in [1.54, 1.807) is 20.8 Å². The van der Waals surface area contributed by atoms with Crippen LogP contribution in [0.5, 0.6) is 0 Å². The van der Waals surface area contributed by atoms with Gasteiger partial charge >= 0.3 is 6.09 Å². The summed E-state index contributed by atoms with van der Waals surface area (Å²) in [6.45, 7) is 6.00. The number of ether oxygens (including phenoxy) is 1. The summed E-state index contributed by atoms with van der Waals surface area (Å²) >= 11 is 0. The van der Waals surface area contributed by atoms with Crippen molar-refractivity contribution < 1.29 is 13.9 Å². The number of benzene rings is 1. The Balaban J connectivity index is 2.24. The molecule has 0 atom stereocenters. The zero-order valence-electron chi connectivity index (χ0n) is 14.5. The van der Waals surface area contributed by atoms with Crippen LogP contribution in [0.4, 0.5) is 14.9 Å². The van der Waals surface area contributed by atoms with Crippen molar-refractivity contribution in [3.05, 3.63) is 40.7 Å². The lowest BCUT2D eigenvalue weighted by Crippen LogP contribution is -2.41. The number of nitrogens with one attached hydrogen (secondary N) is 1. The molecule has 0 fully saturated rings. The van der Waals surface area contributed by atoms with Crippen LogP contribution in [0.3, 0.4) is 0 Å². The van der Waals surface area contributed by atoms with Gasteiger partial charge in [0.05, 0.1) is 23.5 Å². The Morgan fingerprint density at radius 1 is 1.44 bits per heavy atom. The van der Waals surface area contributed by atoms with Gasteiger partial charge in [0.2, 0.25) is 0 Å². The number of carbonyl (C=O) groups is 1. The van der Waals surface area contributed by atoms with Crippen LogP contribution in [0.25, 0.3) is 0 Å². The van der Waals surface area contributed by atoms with E-state index in [4.69, 9.17) is 21.1 Å². The molecule has 0 saturated heterocycles. The summed E-state index contributed by atoms with van der Waals surface area (Å²) < 4.78 is 19.1. The molecule has 7 heteroatoms. The zero-order valence-corrected chi connectivity index (χ0v) is 14.5. The molecule has 6 nitrogen and oxygen atoms in total. The lowest BCUT2D eigenvalue weighted by Gasteiger charge is -2.30. The van der Waals surface area contributed by atoms with Crippen LogP contribution in [-0.2, 0) is 4.74 Å². The van der Waals surface area contributed by atoms with Crippen LogP contribution in [0.1, 0.15) is 38.3 Å². The summed E-state index contributed by atoms with van der Waals surface area (Å²) in [6.07, 6.45) is 1.91. The lowest BCUT2D eigenvalue weighted by molar-refractivity contribution is 0.0265. The number of nitrogen functional groups attached to an aromatic ring is 1. The normalized spacial score (nSPS) is 14.5. The van der Waals surface area contributed by atoms with Crippen molar-refractivity contribution >= 4 is 17.5 Å². The molecule has 0 aromatic heterocycles. The van der Waals surface area contributed by atoms with Crippen molar-refractivity contribution in [3.63, 3.8) is 0 Å². The Kier molecular flexibility index (Phi) is 5.12. The van der Waals surface area contributed by atoms with Gasteiger partial charge < -0.3 is 15.4 Å². The van der Waals surface area contributed by atoms with E-state index in [-0.39, 0.29) is 29.1 Å². The number of carbonyl (C=O) groups excluding carboxylic acids is 1. The fraction of sp³-hybridized carbons (Fsp3) is 0.389. The molecule has 0 aliphatic carbocycles. The number of nitriles is 1. The molecule has 0 unspecified atom stereocenters. The summed E-state index contributed by atoms with van der Waals surface area (Å²) in [5.74, 6) is -0.633. The fourth-order valence-electron chi connectivity index (χ4n) is 2.50. The van der Waals surface area contributed by atoms with E-state index in [0.717, 1.165) is 12.1 Å². The molecular formula is C18H21FN4O2. The molecule has 1 heterocycles. The van der Waals surface area contributed by atoms with Gasteiger partial charge in [-0.2, -0.15) is 5.26 Å². The Morgan fingerprint density at radius 3 is 2.72 bits per heavy atom. The maximum atomic E-state index is 13.7. The molecule has 132 valence electrons. The summed E-state index contributed by atoms with van der Waals surface area (Å²) in [5.41, 5.74) is 6.01. The molecule has 3 N–H and O–H groups in total. The van der Waals surface area contributed by atoms with Gasteiger partial charge in [-0.1, -0.05) is 6.08 Å². The Morgan fingerprint density at radius 2 is 2.12 bits per heavy atom. The first-order valence-corrected chi connectivity index (χ1v) is 7.87. The van der Waals surface area contributed by atoms with E-state index in [0.29, 0.717) is 18.5 Å². The van der Waals surface area contributed by atoms with E-state index in [9.17, 15) is 9.18 Å². The third-order valence-electron chi connectivity index (χ3n) is 3.66. The predicted octanol–water partition coefficient (Wildman–Crippen LogP) is 3.21. The number of hydrogen-bond acceptors (Lipinski definition) is 5. The molecule has 0 spiro atoms. The highest BCUT2D eigenvalue weighted by Gasteiger charge is 2.26. The van der Waals surface area contributed by atoms with Crippen molar-refractivity contribution in [2.45, 2.75) is 32.8 Å². The van der Waals surface area contributed by atoms with Gasteiger partial charge in [-0.25, -0.2) is 9.18 Å². The number of nitrogens with two attached hydrogens (primary N) is 1. The van der Waals surface area contributed by atoms with E-state index < -0.39 is 17.5 Å². The van der Waals surface area contributed by atoms with Gasteiger partial charge in [-0.05, 0) is 44.9 Å². The molecule has 1 aromatic rings. The second-order valence-corrected chi connectivity index (χ2v) is 6.82. The SMILES string of the molecule is CC(C)(C)OC(=O)N1CCC=C(C(=N)c2cc(F)cc(C#N)c2N)C1. The average molecular weight is 344 g/mol. The van der Waals surface area contributed by atoms with Crippen LogP contribution in [0.15, 0.2) is 23.8 Å². The Labute approximate surface area is 146 Å². The van der Waals surface area contributed by atoms with Gasteiger partial charge in [-0.15, -0.1) is 0 Å². The van der Waals surface area contributed by atoms with Crippen molar-refractivity contribution in [2.24, 2.45) is 0 Å². The van der Waals surface area contributed by atoms with Gasteiger partial charge in [0.15, 0.2) is 0 Å². The van der Waals surface area contributed by atoms with E-state index >= 15 is 0 Å². The highest BCUT2D eigenvalue weighted by Crippen LogP contribution is 2.24. The average Bonchev–Trinajstić information content (AvgIpc) is 2.54. The van der Waals surface area contributed by atoms with Crippen molar-refractivity contribution in [2.75, 3.05) is 18.8 Å². The number of anilines is 1. The Bertz CT molecular complexity index is 787. The van der Waals surface area contributed by atoms with Crippen LogP contribution < -0.4 is 5.73 Å². The minimum atomic E-state index is -0.633. The largest absolute Gasteiger partial charge is 0.444 e. The van der Waals surface area contributed by atoms with E-state index in [1.165, 1.54) is 4.90 Å². The van der Waals surface area contributed by atoms with Crippen LogP contribution in [0, 0.1) is 22.6 Å². The van der Waals surface area contributed by atoms with E-state index in [1.807, 2.05) is 12.1 Å². The quantitative estimate of drug-likeness (QED) is 0.635. The maximum Gasteiger partial charge on any atom is 0.410 e. The third-order valence-corrected chi connectivity index (χ3v) is 3.66. The molecule has 0 radical (unpaired) electrons. The first kappa shape index (κ1) is 18.5. The van der Waals surface area contributed by atoms with Crippen LogP contribution >= 0.6 is 0 Å². The summed E-state index contributed by atoms with van der Waals surface area (Å²) in [6, 6.07) is 3.99. The zero-order chi connectivity index (χ0) is 18.8. The summed E-state index contributed by atoms with van der Waals surface area (Å²) in [7, 11) is 0. The van der Waals surface area contributed by atoms with E-state index in [2.05, 4.69) is 0 Å². The molecule has 1 aromatic carbocycles. The number of amides is 1. The van der Waals surface area contributed by atoms with Crippen molar-refractivity contribution in [3.8, 4) is 6.07 Å². The van der Waals surface area contributed by atoms with Crippen molar-refractivity contribution in [1.82, 2.24) is 4.90 Å². The summed E-state index contributed by atoms with van der Waals surface area (Å²) in [4.78, 5) is 13.7. The van der Waals surface area contributed by atoms with Gasteiger partial charge in [-0.3, -0.25) is 5.41 Å². The molecule has 1 aliphatic rings. The monoisotopic (exact) mass is 344 g/mol. The van der Waals surface area contributed by atoms with Gasteiger partial charge in [0, 0.05) is 12.1 Å². The molecular weight excluding hydrogens is 323 g/mol. The standard InChI is InChI=1S/C18H21FN4O2/c1-18(2,3)25-17(24)23-6-4-5-11(10-23)15(21)14-8-13(19)7-12(9-20)16(14)22/h5,7-8,21H,4,6,10,22H2,1-3H3. The van der Waals surface area contributed by atoms with Gasteiger partial charge in [0.1, 0.15) is 17.5 Å². The minimum Gasteiger partial charge on any atom is -0.444 e. The number of rotatable bonds is 2. The van der Waals surface area contributed by atoms with Gasteiger partial charge in [0.25, 0.3) is 0 Å². The molecule has 2 rings (SSSR count). The second-order valence-electron chi connectivity index (χ2n) is 6.82. The molecule has 1 amide bonds. The molecule has 0 saturated carbocycles.